The van der Waals surface area contributed by atoms with Crippen molar-refractivity contribution in [2.45, 2.75) is 25.0 Å². The van der Waals surface area contributed by atoms with Gasteiger partial charge in [-0.15, -0.1) is 5.10 Å². The summed E-state index contributed by atoms with van der Waals surface area (Å²) in [7, 11) is 0. The molecule has 0 spiro atoms. The van der Waals surface area contributed by atoms with Crippen LogP contribution in [0.3, 0.4) is 0 Å². The lowest BCUT2D eigenvalue weighted by Gasteiger charge is -2.32. The van der Waals surface area contributed by atoms with Crippen LogP contribution in [0.2, 0.25) is 0 Å². The van der Waals surface area contributed by atoms with Crippen LogP contribution in [0.5, 0.6) is 0 Å². The minimum atomic E-state index is -0.247. The first-order chi connectivity index (χ1) is 11.2. The number of tetrazole rings is 1. The number of benzene rings is 1. The Kier molecular flexibility index (Phi) is 3.18. The van der Waals surface area contributed by atoms with Gasteiger partial charge in [-0.1, -0.05) is 12.1 Å². The number of anilines is 2. The zero-order valence-corrected chi connectivity index (χ0v) is 12.2. The van der Waals surface area contributed by atoms with Gasteiger partial charge in [0.1, 0.15) is 18.9 Å². The molecule has 1 saturated heterocycles. The van der Waals surface area contributed by atoms with E-state index >= 15 is 0 Å². The fourth-order valence-electron chi connectivity index (χ4n) is 3.17. The molecule has 1 aromatic carbocycles. The molecule has 2 amide bonds. The second-order valence-electron chi connectivity index (χ2n) is 5.68. The monoisotopic (exact) mass is 313 g/mol. The third-order valence-electron chi connectivity index (χ3n) is 4.14. The number of para-hydroxylation sites is 2. The fourth-order valence-corrected chi connectivity index (χ4v) is 3.17. The number of carbonyl (C=O) groups excluding carboxylic acids is 2. The average Bonchev–Trinajstić information content (AvgIpc) is 3.17. The summed E-state index contributed by atoms with van der Waals surface area (Å²) in [5.74, 6) is -0.197. The van der Waals surface area contributed by atoms with Crippen LogP contribution < -0.4 is 15.5 Å². The van der Waals surface area contributed by atoms with Gasteiger partial charge in [-0.3, -0.25) is 9.59 Å². The van der Waals surface area contributed by atoms with Crippen molar-refractivity contribution in [3.05, 3.63) is 30.6 Å². The van der Waals surface area contributed by atoms with Crippen LogP contribution in [-0.4, -0.2) is 50.7 Å². The summed E-state index contributed by atoms with van der Waals surface area (Å²) in [5.41, 5.74) is 1.81. The Hall–Kier alpha value is -2.97. The number of aromatic nitrogens is 4. The summed E-state index contributed by atoms with van der Waals surface area (Å²) in [5, 5.41) is 16.5. The first kappa shape index (κ1) is 13.7. The molecule has 118 valence electrons. The highest BCUT2D eigenvalue weighted by molar-refractivity contribution is 6.04. The highest BCUT2D eigenvalue weighted by atomic mass is 16.2. The SMILES string of the molecule is O=C(Cn1cnnn1)NC1CC2C(=O)Nc3ccccc3N2C1. The van der Waals surface area contributed by atoms with Gasteiger partial charge < -0.3 is 15.5 Å². The van der Waals surface area contributed by atoms with Gasteiger partial charge in [0.05, 0.1) is 11.4 Å². The molecule has 2 aliphatic rings. The lowest BCUT2D eigenvalue weighted by Crippen LogP contribution is -2.44. The van der Waals surface area contributed by atoms with Crippen molar-refractivity contribution in [2.24, 2.45) is 0 Å². The summed E-state index contributed by atoms with van der Waals surface area (Å²) in [6, 6.07) is 7.36. The first-order valence-corrected chi connectivity index (χ1v) is 7.37. The average molecular weight is 313 g/mol. The van der Waals surface area contributed by atoms with E-state index in [1.807, 2.05) is 24.3 Å². The summed E-state index contributed by atoms with van der Waals surface area (Å²) >= 11 is 0. The van der Waals surface area contributed by atoms with E-state index in [2.05, 4.69) is 31.1 Å². The Morgan fingerprint density at radius 2 is 2.26 bits per heavy atom. The lowest BCUT2D eigenvalue weighted by atomic mass is 10.1. The van der Waals surface area contributed by atoms with E-state index in [0.29, 0.717) is 13.0 Å². The quantitative estimate of drug-likeness (QED) is 0.783. The third-order valence-corrected chi connectivity index (χ3v) is 4.14. The maximum absolute atomic E-state index is 12.2. The molecule has 0 bridgehead atoms. The minimum absolute atomic E-state index is 0.0269. The molecule has 9 heteroatoms. The Morgan fingerprint density at radius 3 is 3.09 bits per heavy atom. The molecule has 2 N–H and O–H groups in total. The van der Waals surface area contributed by atoms with Crippen molar-refractivity contribution in [3.63, 3.8) is 0 Å². The van der Waals surface area contributed by atoms with Crippen molar-refractivity contribution in [1.29, 1.82) is 0 Å². The smallest absolute Gasteiger partial charge is 0.247 e. The molecule has 1 fully saturated rings. The van der Waals surface area contributed by atoms with Gasteiger partial charge in [0.15, 0.2) is 0 Å². The molecule has 4 rings (SSSR count). The Labute approximate surface area is 131 Å². The summed E-state index contributed by atoms with van der Waals surface area (Å²) < 4.78 is 1.36. The molecule has 2 aromatic rings. The standard InChI is InChI=1S/C14H15N7O2/c22-13(7-20-8-15-18-19-20)16-9-5-12-14(23)17-10-3-1-2-4-11(10)21(12)6-9/h1-4,8-9,12H,5-7H2,(H,16,22)(H,17,23). The highest BCUT2D eigenvalue weighted by Crippen LogP contribution is 2.36. The van der Waals surface area contributed by atoms with Crippen LogP contribution >= 0.6 is 0 Å². The number of nitrogens with zero attached hydrogens (tertiary/aromatic N) is 5. The molecule has 3 heterocycles. The Balaban J connectivity index is 1.46. The topological polar surface area (TPSA) is 105 Å². The maximum atomic E-state index is 12.2. The fraction of sp³-hybridized carbons (Fsp3) is 0.357. The molecule has 0 saturated carbocycles. The number of carbonyl (C=O) groups is 2. The Morgan fingerprint density at radius 1 is 1.39 bits per heavy atom. The molecule has 23 heavy (non-hydrogen) atoms. The van der Waals surface area contributed by atoms with Gasteiger partial charge in [-0.2, -0.15) is 0 Å². The molecule has 2 unspecified atom stereocenters. The summed E-state index contributed by atoms with van der Waals surface area (Å²) in [6.07, 6.45) is 1.97. The predicted molar refractivity (Wildman–Crippen MR) is 80.6 cm³/mol. The predicted octanol–water partition coefficient (Wildman–Crippen LogP) is -0.611. The second kappa shape index (κ2) is 5.34. The zero-order valence-electron chi connectivity index (χ0n) is 12.2. The second-order valence-corrected chi connectivity index (χ2v) is 5.68. The van der Waals surface area contributed by atoms with E-state index in [1.165, 1.54) is 11.0 Å². The van der Waals surface area contributed by atoms with Crippen molar-refractivity contribution in [3.8, 4) is 0 Å². The van der Waals surface area contributed by atoms with Crippen LogP contribution in [0, 0.1) is 0 Å². The molecule has 0 radical (unpaired) electrons. The molecular weight excluding hydrogens is 298 g/mol. The number of nitrogens with one attached hydrogen (secondary N) is 2. The van der Waals surface area contributed by atoms with Gasteiger partial charge in [0.25, 0.3) is 0 Å². The summed E-state index contributed by atoms with van der Waals surface area (Å²) in [6.45, 7) is 0.674. The molecule has 1 aromatic heterocycles. The third kappa shape index (κ3) is 2.50. The van der Waals surface area contributed by atoms with Crippen molar-refractivity contribution < 1.29 is 9.59 Å². The number of hydrogen-bond acceptors (Lipinski definition) is 6. The zero-order chi connectivity index (χ0) is 15.8. The van der Waals surface area contributed by atoms with Gasteiger partial charge >= 0.3 is 0 Å². The Bertz CT molecular complexity index is 745. The number of amides is 2. The van der Waals surface area contributed by atoms with E-state index in [1.54, 1.807) is 0 Å². The summed E-state index contributed by atoms with van der Waals surface area (Å²) in [4.78, 5) is 26.3. The van der Waals surface area contributed by atoms with Gasteiger partial charge in [0.2, 0.25) is 11.8 Å². The normalized spacial score (nSPS) is 22.3. The number of fused-ring (bicyclic) bond motifs is 3. The highest BCUT2D eigenvalue weighted by Gasteiger charge is 2.41. The van der Waals surface area contributed by atoms with Gasteiger partial charge in [-0.25, -0.2) is 4.68 Å². The lowest BCUT2D eigenvalue weighted by molar-refractivity contribution is -0.122. The molecule has 9 nitrogen and oxygen atoms in total. The van der Waals surface area contributed by atoms with Crippen LogP contribution in [-0.2, 0) is 16.1 Å². The molecule has 2 aliphatic heterocycles. The molecule has 2 atom stereocenters. The van der Waals surface area contributed by atoms with Gasteiger partial charge in [0, 0.05) is 12.6 Å². The van der Waals surface area contributed by atoms with Crippen LogP contribution in [0.25, 0.3) is 0 Å². The van der Waals surface area contributed by atoms with Crippen LogP contribution in [0.1, 0.15) is 6.42 Å². The minimum Gasteiger partial charge on any atom is -0.356 e. The van der Waals surface area contributed by atoms with E-state index in [4.69, 9.17) is 0 Å². The van der Waals surface area contributed by atoms with Crippen LogP contribution in [0.4, 0.5) is 11.4 Å². The van der Waals surface area contributed by atoms with Gasteiger partial charge in [-0.05, 0) is 29.0 Å². The maximum Gasteiger partial charge on any atom is 0.247 e. The van der Waals surface area contributed by atoms with E-state index < -0.39 is 0 Å². The largest absolute Gasteiger partial charge is 0.356 e. The number of hydrogen-bond donors (Lipinski definition) is 2. The van der Waals surface area contributed by atoms with Crippen molar-refractivity contribution in [2.75, 3.05) is 16.8 Å². The van der Waals surface area contributed by atoms with Crippen LogP contribution in [0.15, 0.2) is 30.6 Å². The molecular formula is C14H15N7O2. The van der Waals surface area contributed by atoms with E-state index in [0.717, 1.165) is 11.4 Å². The van der Waals surface area contributed by atoms with E-state index in [9.17, 15) is 9.59 Å². The van der Waals surface area contributed by atoms with Crippen molar-refractivity contribution in [1.82, 2.24) is 25.5 Å². The first-order valence-electron chi connectivity index (χ1n) is 7.37. The van der Waals surface area contributed by atoms with E-state index in [-0.39, 0.29) is 30.4 Å². The number of rotatable bonds is 3. The molecule has 0 aliphatic carbocycles. The van der Waals surface area contributed by atoms with Crippen molar-refractivity contribution >= 4 is 23.2 Å².